The van der Waals surface area contributed by atoms with Crippen LogP contribution in [0.5, 0.6) is 0 Å². The van der Waals surface area contributed by atoms with E-state index in [2.05, 4.69) is 21.3 Å². The molecule has 4 unspecified atom stereocenters. The van der Waals surface area contributed by atoms with Gasteiger partial charge in [-0.15, -0.1) is 0 Å². The average molecular weight is 1550 g/mol. The van der Waals surface area contributed by atoms with Gasteiger partial charge in [0.15, 0.2) is 18.9 Å². The summed E-state index contributed by atoms with van der Waals surface area (Å²) >= 11 is 0. The van der Waals surface area contributed by atoms with Gasteiger partial charge >= 0.3 is 0 Å². The van der Waals surface area contributed by atoms with Crippen LogP contribution in [0.2, 0.25) is 0 Å². The van der Waals surface area contributed by atoms with E-state index in [1.807, 2.05) is 0 Å². The van der Waals surface area contributed by atoms with Gasteiger partial charge in [0, 0.05) is 78.6 Å². The second kappa shape index (κ2) is 61.8. The van der Waals surface area contributed by atoms with Crippen LogP contribution in [-0.2, 0) is 90.3 Å². The number of hydrogen-bond donors (Lipinski definition) is 19. The number of aliphatic hydroxyl groups is 15. The lowest BCUT2D eigenvalue weighted by Gasteiger charge is -2.39. The number of carbonyl (C=O) groups excluding carboxylic acids is 5. The molecule has 0 aromatic carbocycles. The molecule has 2 aliphatic heterocycles. The van der Waals surface area contributed by atoms with Crippen molar-refractivity contribution in [2.45, 2.75) is 200 Å². The Hall–Kier alpha value is -3.81. The average Bonchev–Trinajstić information content (AvgIpc) is 0.900. The van der Waals surface area contributed by atoms with Crippen molar-refractivity contribution in [2.75, 3.05) is 198 Å². The summed E-state index contributed by atoms with van der Waals surface area (Å²) in [5.74, 6) is -1.50. The van der Waals surface area contributed by atoms with E-state index < -0.39 is 111 Å². The lowest BCUT2D eigenvalue weighted by Crippen LogP contribution is -2.59. The Bertz CT molecular complexity index is 2140. The smallest absolute Gasteiger partial charge is 0.222 e. The number of methoxy groups -OCH3 is 1. The minimum absolute atomic E-state index is 0.0156. The van der Waals surface area contributed by atoms with Gasteiger partial charge in [-0.2, -0.15) is 0 Å². The first-order valence-corrected chi connectivity index (χ1v) is 36.6. The van der Waals surface area contributed by atoms with Gasteiger partial charge in [-0.25, -0.2) is 0 Å². The van der Waals surface area contributed by atoms with Gasteiger partial charge < -0.3 is 169 Å². The lowest BCUT2D eigenvalue weighted by molar-refractivity contribution is -0.302. The van der Waals surface area contributed by atoms with Crippen LogP contribution < -0.4 is 21.3 Å². The van der Waals surface area contributed by atoms with Crippen molar-refractivity contribution in [1.29, 1.82) is 0 Å². The highest BCUT2D eigenvalue weighted by molar-refractivity contribution is 5.78. The summed E-state index contributed by atoms with van der Waals surface area (Å²) < 4.78 is 76.9. The molecular weight excluding hydrogens is 1420 g/mol. The molecule has 2 rings (SSSR count). The van der Waals surface area contributed by atoms with Crippen LogP contribution in [0.15, 0.2) is 0 Å². The Labute approximate surface area is 619 Å². The van der Waals surface area contributed by atoms with Gasteiger partial charge in [0.25, 0.3) is 0 Å². The molecule has 0 radical (unpaired) electrons. The number of rotatable bonds is 70. The highest BCUT2D eigenvalue weighted by Crippen LogP contribution is 2.23. The first-order chi connectivity index (χ1) is 51.0. The maximum atomic E-state index is 13.9. The third-order valence-electron chi connectivity index (χ3n) is 16.7. The zero-order valence-corrected chi connectivity index (χ0v) is 61.4. The second-order valence-electron chi connectivity index (χ2n) is 25.5. The fourth-order valence-electron chi connectivity index (χ4n) is 10.7. The van der Waals surface area contributed by atoms with Crippen LogP contribution >= 0.6 is 0 Å². The third-order valence-corrected chi connectivity index (χ3v) is 16.7. The summed E-state index contributed by atoms with van der Waals surface area (Å²) in [4.78, 5) is 67.3. The fourth-order valence-corrected chi connectivity index (χ4v) is 10.7. The minimum atomic E-state index is -1.83. The molecule has 624 valence electrons. The van der Waals surface area contributed by atoms with Crippen LogP contribution in [0.25, 0.3) is 0 Å². The zero-order valence-electron chi connectivity index (χ0n) is 61.4. The summed E-state index contributed by atoms with van der Waals surface area (Å²) in [5, 5.41) is 158. The van der Waals surface area contributed by atoms with E-state index in [1.54, 1.807) is 12.0 Å². The van der Waals surface area contributed by atoms with E-state index in [1.165, 1.54) is 0 Å². The number of hydrogen-bond acceptors (Lipinski definition) is 34. The van der Waals surface area contributed by atoms with E-state index in [0.29, 0.717) is 32.4 Å². The molecule has 0 saturated carbocycles. The Kier molecular flexibility index (Phi) is 57.3. The first kappa shape index (κ1) is 98.3. The van der Waals surface area contributed by atoms with Crippen molar-refractivity contribution >= 4 is 29.5 Å². The van der Waals surface area contributed by atoms with E-state index in [9.17, 15) is 90.4 Å². The molecule has 19 N–H and O–H groups in total. The number of likely N-dealkylation sites (tertiary alicyclic amines) is 1. The normalized spacial score (nSPS) is 21.2. The molecule has 0 aliphatic carbocycles. The topological polar surface area (TPSA) is 569 Å². The van der Waals surface area contributed by atoms with Crippen LogP contribution in [-0.4, -0.2) is 407 Å². The summed E-state index contributed by atoms with van der Waals surface area (Å²) in [6.07, 6.45) is -14.6. The molecule has 15 atom stereocenters. The number of ether oxygens (including phenoxy) is 14. The Balaban J connectivity index is 1.99. The fraction of sp³-hybridized carbons (Fsp3) is 0.925. The maximum absolute atomic E-state index is 13.9. The van der Waals surface area contributed by atoms with Gasteiger partial charge in [0.2, 0.25) is 29.5 Å². The number of amides is 5. The third kappa shape index (κ3) is 44.9. The number of unbranched alkanes of at least 4 members (excludes halogenated alkanes) is 7. The molecule has 0 aromatic rings. The number of β-amino-alcohol motifs (C(OH)–C–C–N with tert-alkyl or cyclic N) is 1. The highest BCUT2D eigenvalue weighted by atomic mass is 16.7. The minimum Gasteiger partial charge on any atom is -0.396 e. The number of aliphatic hydroxyl groups excluding tert-OH is 15. The van der Waals surface area contributed by atoms with Gasteiger partial charge in [0.1, 0.15) is 54.4 Å². The maximum Gasteiger partial charge on any atom is 0.222 e. The Morgan fingerprint density at radius 1 is 0.453 bits per heavy atom. The van der Waals surface area contributed by atoms with Crippen molar-refractivity contribution < 1.29 is 167 Å². The van der Waals surface area contributed by atoms with Crippen molar-refractivity contribution in [3.8, 4) is 0 Å². The van der Waals surface area contributed by atoms with Gasteiger partial charge in [0.05, 0.1) is 176 Å². The molecule has 39 heteroatoms. The Morgan fingerprint density at radius 2 is 0.849 bits per heavy atom. The van der Waals surface area contributed by atoms with Crippen LogP contribution in [0.3, 0.4) is 0 Å². The predicted molar refractivity (Wildman–Crippen MR) is 368 cm³/mol. The summed E-state index contributed by atoms with van der Waals surface area (Å²) in [5.41, 5.74) is -1.41. The molecule has 5 amide bonds. The molecule has 106 heavy (non-hydrogen) atoms. The predicted octanol–water partition coefficient (Wildman–Crippen LogP) is -7.56. The number of nitrogens with zero attached hydrogens (tertiary/aromatic N) is 1. The standard InChI is InChI=1S/C67H127N5O34/c1-93-43-47-40-48(76)41-72(47)56(83)11-9-7-5-3-2-4-6-8-10-55(82)71-67(44-100-22-14-52(79)68-17-25-94-28-31-97-34-37-103-64(91)61(88)57(84)49(77)12-20-73,45-101-23-15-53(80)69-18-26-95-29-32-98-35-38-104-65(92)62(89)58(85)50(78)13-21-74)46-102-24-16-54(81)70-19-27-96-30-33-99-36-39-105-66-63(90)60(87)59(86)51(42-75)106-66/h47-51,57-66,73-78,84-92H,2-46H2,1H3,(H,68,79)(H,69,80)(H,70,81)(H,71,82)/t47-,48+,49+,50+,51?,57?,58?,59+,60?,61+,62+,63+,64+,65+,66-,67?/m0/s1. The summed E-state index contributed by atoms with van der Waals surface area (Å²) in [7, 11) is 1.57. The second-order valence-corrected chi connectivity index (χ2v) is 25.5. The van der Waals surface area contributed by atoms with Crippen molar-refractivity contribution in [2.24, 2.45) is 0 Å². The van der Waals surface area contributed by atoms with Gasteiger partial charge in [-0.05, 0) is 32.1 Å². The zero-order chi connectivity index (χ0) is 78.2. The molecule has 0 spiro atoms. The number of carbonyl (C=O) groups is 5. The molecule has 0 bridgehead atoms. The molecule has 2 fully saturated rings. The van der Waals surface area contributed by atoms with Crippen molar-refractivity contribution in [3.63, 3.8) is 0 Å². The van der Waals surface area contributed by atoms with E-state index >= 15 is 0 Å². The van der Waals surface area contributed by atoms with E-state index in [-0.39, 0.29) is 232 Å². The van der Waals surface area contributed by atoms with Gasteiger partial charge in [-0.3, -0.25) is 24.0 Å². The first-order valence-electron chi connectivity index (χ1n) is 36.6. The van der Waals surface area contributed by atoms with E-state index in [4.69, 9.17) is 76.5 Å². The van der Waals surface area contributed by atoms with Gasteiger partial charge in [-0.1, -0.05) is 38.5 Å². The monoisotopic (exact) mass is 1550 g/mol. The summed E-state index contributed by atoms with van der Waals surface area (Å²) in [6.45, 7) is -0.720. The largest absolute Gasteiger partial charge is 0.396 e. The SMILES string of the molecule is COC[C@@H]1C[C@@H](O)CN1C(=O)CCCCCCCCCCC(=O)NC(COCCC(=O)NCCOCCOCCO[C@H]1OC(CO)[C@@H](O)C(O)[C@H]1O)(COCCC(=O)NCCOCCOCCO[C@@H](O)[C@H](O)C(O)[C@H](O)CCO)COCCC(=O)NCCOCCOCCO[C@@H](O)[C@H](O)C(O)[C@H](O)CCO. The molecule has 2 saturated heterocycles. The van der Waals surface area contributed by atoms with Crippen LogP contribution in [0.4, 0.5) is 0 Å². The van der Waals surface area contributed by atoms with E-state index in [0.717, 1.165) is 44.9 Å². The molecule has 0 aromatic heterocycles. The van der Waals surface area contributed by atoms with Crippen molar-refractivity contribution in [1.82, 2.24) is 26.2 Å². The van der Waals surface area contributed by atoms with Crippen LogP contribution in [0, 0.1) is 0 Å². The molecule has 2 aliphatic rings. The summed E-state index contributed by atoms with van der Waals surface area (Å²) in [6, 6.07) is -0.122. The molecule has 2 heterocycles. The number of nitrogens with one attached hydrogen (secondary N) is 4. The Morgan fingerprint density at radius 3 is 1.26 bits per heavy atom. The quantitative estimate of drug-likeness (QED) is 0.0199. The highest BCUT2D eigenvalue weighted by Gasteiger charge is 2.44. The molecule has 39 nitrogen and oxygen atoms in total. The molecular formula is C67H127N5O34. The van der Waals surface area contributed by atoms with Crippen molar-refractivity contribution in [3.05, 3.63) is 0 Å². The van der Waals surface area contributed by atoms with Crippen LogP contribution in [0.1, 0.15) is 103 Å². The lowest BCUT2D eigenvalue weighted by atomic mass is 9.99.